The number of nitrogens with one attached hydrogen (secondary N) is 1. The molecule has 0 fully saturated rings. The first kappa shape index (κ1) is 15.1. The van der Waals surface area contributed by atoms with Gasteiger partial charge in [0.25, 0.3) is 5.91 Å². The number of benzene rings is 2. The van der Waals surface area contributed by atoms with E-state index < -0.39 is 0 Å². The summed E-state index contributed by atoms with van der Waals surface area (Å²) in [5, 5.41) is 2.94. The van der Waals surface area contributed by atoms with Crippen molar-refractivity contribution in [3.63, 3.8) is 0 Å². The number of hydrogen-bond donors (Lipinski definition) is 1. The third-order valence-electron chi connectivity index (χ3n) is 2.84. The van der Waals surface area contributed by atoms with Crippen LogP contribution in [0.25, 0.3) is 0 Å². The lowest BCUT2D eigenvalue weighted by Crippen LogP contribution is -2.40. The van der Waals surface area contributed by atoms with E-state index in [0.29, 0.717) is 11.3 Å². The zero-order valence-corrected chi connectivity index (χ0v) is 12.9. The summed E-state index contributed by atoms with van der Waals surface area (Å²) in [5.41, 5.74) is 1.51. The highest BCUT2D eigenvalue weighted by atomic mass is 16.5. The first-order valence-corrected chi connectivity index (χ1v) is 7.01. The lowest BCUT2D eigenvalue weighted by Gasteiger charge is -2.20. The Kier molecular flexibility index (Phi) is 4.32. The molecule has 0 bridgehead atoms. The van der Waals surface area contributed by atoms with Crippen molar-refractivity contribution in [2.75, 3.05) is 0 Å². The number of carbonyl (C=O) groups is 1. The summed E-state index contributed by atoms with van der Waals surface area (Å²) < 4.78 is 5.77. The molecule has 0 radical (unpaired) electrons. The monoisotopic (exact) mass is 283 g/mol. The quantitative estimate of drug-likeness (QED) is 0.911. The zero-order valence-electron chi connectivity index (χ0n) is 12.9. The minimum atomic E-state index is -0.259. The molecule has 3 nitrogen and oxygen atoms in total. The zero-order chi connectivity index (χ0) is 15.5. The number of hydrogen-bond acceptors (Lipinski definition) is 2. The van der Waals surface area contributed by atoms with Crippen molar-refractivity contribution in [3.8, 4) is 11.5 Å². The Labute approximate surface area is 126 Å². The molecular weight excluding hydrogens is 262 g/mol. The topological polar surface area (TPSA) is 38.3 Å². The summed E-state index contributed by atoms with van der Waals surface area (Å²) >= 11 is 0. The predicted octanol–water partition coefficient (Wildman–Crippen LogP) is 4.32. The van der Waals surface area contributed by atoms with Gasteiger partial charge in [0.05, 0.1) is 0 Å². The van der Waals surface area contributed by atoms with Crippen LogP contribution >= 0.6 is 0 Å². The van der Waals surface area contributed by atoms with Crippen LogP contribution in [0.1, 0.15) is 36.7 Å². The summed E-state index contributed by atoms with van der Waals surface area (Å²) in [4.78, 5) is 12.1. The normalized spacial score (nSPS) is 11.0. The second-order valence-electron chi connectivity index (χ2n) is 6.15. The molecule has 0 heterocycles. The van der Waals surface area contributed by atoms with Crippen molar-refractivity contribution in [2.45, 2.75) is 33.2 Å². The van der Waals surface area contributed by atoms with Gasteiger partial charge in [-0.2, -0.15) is 0 Å². The number of ether oxygens (including phenoxy) is 1. The van der Waals surface area contributed by atoms with Crippen molar-refractivity contribution >= 4 is 5.91 Å². The van der Waals surface area contributed by atoms with Crippen LogP contribution in [-0.2, 0) is 0 Å². The van der Waals surface area contributed by atoms with Gasteiger partial charge in [0, 0.05) is 11.1 Å². The van der Waals surface area contributed by atoms with E-state index in [1.54, 1.807) is 12.1 Å². The Morgan fingerprint density at radius 2 is 1.67 bits per heavy atom. The SMILES string of the molecule is Cc1ccc(Oc2cccc(C(=O)NC(C)(C)C)c2)cc1. The van der Waals surface area contributed by atoms with Crippen LogP contribution < -0.4 is 10.1 Å². The predicted molar refractivity (Wildman–Crippen MR) is 84.9 cm³/mol. The van der Waals surface area contributed by atoms with Crippen LogP contribution in [0, 0.1) is 6.92 Å². The molecule has 2 aromatic rings. The van der Waals surface area contributed by atoms with E-state index in [0.717, 1.165) is 5.75 Å². The van der Waals surface area contributed by atoms with E-state index in [9.17, 15) is 4.79 Å². The van der Waals surface area contributed by atoms with E-state index in [2.05, 4.69) is 5.32 Å². The molecule has 2 aromatic carbocycles. The molecule has 2 rings (SSSR count). The van der Waals surface area contributed by atoms with Gasteiger partial charge in [-0.3, -0.25) is 4.79 Å². The van der Waals surface area contributed by atoms with E-state index in [4.69, 9.17) is 4.74 Å². The maximum Gasteiger partial charge on any atom is 0.251 e. The molecule has 1 amide bonds. The van der Waals surface area contributed by atoms with Gasteiger partial charge in [0.1, 0.15) is 11.5 Å². The van der Waals surface area contributed by atoms with Crippen LogP contribution in [0.15, 0.2) is 48.5 Å². The molecule has 21 heavy (non-hydrogen) atoms. The smallest absolute Gasteiger partial charge is 0.251 e. The Morgan fingerprint density at radius 1 is 1.00 bits per heavy atom. The number of carbonyl (C=O) groups excluding carboxylic acids is 1. The van der Waals surface area contributed by atoms with Gasteiger partial charge in [-0.05, 0) is 58.0 Å². The van der Waals surface area contributed by atoms with Crippen LogP contribution in [0.4, 0.5) is 0 Å². The fourth-order valence-electron chi connectivity index (χ4n) is 1.86. The van der Waals surface area contributed by atoms with Gasteiger partial charge in [-0.15, -0.1) is 0 Å². The minimum absolute atomic E-state index is 0.100. The van der Waals surface area contributed by atoms with E-state index in [1.807, 2.05) is 64.1 Å². The Morgan fingerprint density at radius 3 is 2.29 bits per heavy atom. The van der Waals surface area contributed by atoms with E-state index in [1.165, 1.54) is 5.56 Å². The summed E-state index contributed by atoms with van der Waals surface area (Å²) in [7, 11) is 0. The van der Waals surface area contributed by atoms with Gasteiger partial charge in [0.15, 0.2) is 0 Å². The van der Waals surface area contributed by atoms with E-state index >= 15 is 0 Å². The number of amides is 1. The largest absolute Gasteiger partial charge is 0.457 e. The van der Waals surface area contributed by atoms with Gasteiger partial charge < -0.3 is 10.1 Å². The second-order valence-corrected chi connectivity index (χ2v) is 6.15. The lowest BCUT2D eigenvalue weighted by molar-refractivity contribution is 0.0919. The second kappa shape index (κ2) is 6.00. The van der Waals surface area contributed by atoms with Gasteiger partial charge in [-0.25, -0.2) is 0 Å². The lowest BCUT2D eigenvalue weighted by atomic mass is 10.1. The van der Waals surface area contributed by atoms with Crippen LogP contribution in [0.2, 0.25) is 0 Å². The molecule has 110 valence electrons. The average molecular weight is 283 g/mol. The fourth-order valence-corrected chi connectivity index (χ4v) is 1.86. The van der Waals surface area contributed by atoms with Crippen molar-refractivity contribution in [3.05, 3.63) is 59.7 Å². The van der Waals surface area contributed by atoms with Crippen LogP contribution in [0.3, 0.4) is 0 Å². The molecular formula is C18H21NO2. The summed E-state index contributed by atoms with van der Waals surface area (Å²) in [5.74, 6) is 1.31. The highest BCUT2D eigenvalue weighted by Gasteiger charge is 2.15. The molecule has 0 atom stereocenters. The summed E-state index contributed by atoms with van der Waals surface area (Å²) in [6.07, 6.45) is 0. The average Bonchev–Trinajstić information content (AvgIpc) is 2.40. The van der Waals surface area contributed by atoms with Crippen molar-refractivity contribution in [1.29, 1.82) is 0 Å². The third kappa shape index (κ3) is 4.63. The van der Waals surface area contributed by atoms with E-state index in [-0.39, 0.29) is 11.4 Å². The van der Waals surface area contributed by atoms with Crippen LogP contribution in [-0.4, -0.2) is 11.4 Å². The molecule has 0 saturated heterocycles. The van der Waals surface area contributed by atoms with Gasteiger partial charge in [0.2, 0.25) is 0 Å². The Balaban J connectivity index is 2.14. The Bertz CT molecular complexity index is 624. The van der Waals surface area contributed by atoms with Crippen molar-refractivity contribution in [1.82, 2.24) is 5.32 Å². The molecule has 0 unspecified atom stereocenters. The molecule has 0 spiro atoms. The Hall–Kier alpha value is -2.29. The minimum Gasteiger partial charge on any atom is -0.457 e. The molecule has 0 aromatic heterocycles. The molecule has 0 saturated carbocycles. The van der Waals surface area contributed by atoms with Gasteiger partial charge in [-0.1, -0.05) is 23.8 Å². The summed E-state index contributed by atoms with van der Waals surface area (Å²) in [6.45, 7) is 7.90. The highest BCUT2D eigenvalue weighted by Crippen LogP contribution is 2.22. The third-order valence-corrected chi connectivity index (χ3v) is 2.84. The molecule has 0 aliphatic rings. The standard InChI is InChI=1S/C18H21NO2/c1-13-8-10-15(11-9-13)21-16-7-5-6-14(12-16)17(20)19-18(2,3)4/h5-12H,1-4H3,(H,19,20). The fraction of sp³-hybridized carbons (Fsp3) is 0.278. The van der Waals surface area contributed by atoms with Crippen molar-refractivity contribution < 1.29 is 9.53 Å². The molecule has 3 heteroatoms. The maximum atomic E-state index is 12.1. The highest BCUT2D eigenvalue weighted by molar-refractivity contribution is 5.95. The molecule has 1 N–H and O–H groups in total. The summed E-state index contributed by atoms with van der Waals surface area (Å²) in [6, 6.07) is 15.0. The molecule has 0 aliphatic heterocycles. The maximum absolute atomic E-state index is 12.1. The van der Waals surface area contributed by atoms with Crippen molar-refractivity contribution in [2.24, 2.45) is 0 Å². The van der Waals surface area contributed by atoms with Gasteiger partial charge >= 0.3 is 0 Å². The number of rotatable bonds is 3. The molecule has 0 aliphatic carbocycles. The number of aryl methyl sites for hydroxylation is 1. The first-order chi connectivity index (χ1) is 9.83. The first-order valence-electron chi connectivity index (χ1n) is 7.01. The van der Waals surface area contributed by atoms with Crippen LogP contribution in [0.5, 0.6) is 11.5 Å².